The van der Waals surface area contributed by atoms with Crippen LogP contribution in [0.5, 0.6) is 0 Å². The third-order valence-electron chi connectivity index (χ3n) is 5.06. The summed E-state index contributed by atoms with van der Waals surface area (Å²) in [7, 11) is -2.83. The summed E-state index contributed by atoms with van der Waals surface area (Å²) in [5.74, 6) is 1.78. The minimum absolute atomic E-state index is 0.182. The number of sulfone groups is 1. The molecular formula is C17H21ClN4O3S. The zero-order chi connectivity index (χ0) is 18.1. The maximum Gasteiger partial charge on any atom is 0.241 e. The third-order valence-corrected chi connectivity index (χ3v) is 7.06. The molecule has 140 valence electrons. The lowest BCUT2D eigenvalue weighted by Gasteiger charge is -2.37. The largest absolute Gasteiger partial charge is 0.338 e. The Bertz CT molecular complexity index is 860. The van der Waals surface area contributed by atoms with Gasteiger partial charge in [-0.1, -0.05) is 16.8 Å². The van der Waals surface area contributed by atoms with Crippen molar-refractivity contribution in [2.24, 2.45) is 0 Å². The van der Waals surface area contributed by atoms with Crippen molar-refractivity contribution in [3.63, 3.8) is 0 Å². The normalized spacial score (nSPS) is 24.1. The molecule has 9 heteroatoms. The van der Waals surface area contributed by atoms with Crippen LogP contribution in [-0.2, 0) is 16.4 Å². The highest BCUT2D eigenvalue weighted by atomic mass is 35.5. The second-order valence-corrected chi connectivity index (χ2v) is 9.55. The molecule has 0 unspecified atom stereocenters. The first-order chi connectivity index (χ1) is 12.5. The van der Waals surface area contributed by atoms with Crippen molar-refractivity contribution in [3.8, 4) is 11.4 Å². The van der Waals surface area contributed by atoms with Crippen LogP contribution >= 0.6 is 11.6 Å². The van der Waals surface area contributed by atoms with E-state index in [9.17, 15) is 8.42 Å². The fraction of sp³-hybridized carbons (Fsp3) is 0.529. The Hall–Kier alpha value is -1.48. The molecule has 4 rings (SSSR count). The molecule has 0 aliphatic carbocycles. The first-order valence-electron chi connectivity index (χ1n) is 8.74. The first kappa shape index (κ1) is 17.9. The maximum atomic E-state index is 11.7. The molecule has 0 spiro atoms. The van der Waals surface area contributed by atoms with Crippen molar-refractivity contribution >= 4 is 21.4 Å². The van der Waals surface area contributed by atoms with Gasteiger partial charge >= 0.3 is 0 Å². The van der Waals surface area contributed by atoms with Gasteiger partial charge < -0.3 is 4.52 Å². The molecular weight excluding hydrogens is 376 g/mol. The number of nitrogens with zero attached hydrogens (tertiary/aromatic N) is 4. The molecule has 2 fully saturated rings. The summed E-state index contributed by atoms with van der Waals surface area (Å²) in [5.41, 5.74) is 0.872. The molecule has 0 radical (unpaired) electrons. The molecule has 1 atom stereocenters. The highest BCUT2D eigenvalue weighted by molar-refractivity contribution is 7.91. The lowest BCUT2D eigenvalue weighted by Crippen LogP contribution is -2.50. The third kappa shape index (κ3) is 4.09. The van der Waals surface area contributed by atoms with Gasteiger partial charge in [-0.2, -0.15) is 4.98 Å². The molecule has 26 heavy (non-hydrogen) atoms. The minimum Gasteiger partial charge on any atom is -0.338 e. The van der Waals surface area contributed by atoms with Gasteiger partial charge in [-0.3, -0.25) is 9.80 Å². The number of aromatic nitrogens is 2. The van der Waals surface area contributed by atoms with Gasteiger partial charge in [0.05, 0.1) is 18.1 Å². The Morgan fingerprint density at radius 3 is 2.54 bits per heavy atom. The van der Waals surface area contributed by atoms with E-state index in [-0.39, 0.29) is 6.04 Å². The van der Waals surface area contributed by atoms with Gasteiger partial charge in [0.2, 0.25) is 11.7 Å². The highest BCUT2D eigenvalue weighted by Gasteiger charge is 2.33. The van der Waals surface area contributed by atoms with Crippen LogP contribution in [-0.4, -0.2) is 72.1 Å². The number of hydrogen-bond donors (Lipinski definition) is 0. The average molecular weight is 397 g/mol. The summed E-state index contributed by atoms with van der Waals surface area (Å²) >= 11 is 5.90. The Labute approximate surface area is 157 Å². The summed E-state index contributed by atoms with van der Waals surface area (Å²) in [4.78, 5) is 9.03. The molecule has 0 saturated carbocycles. The summed E-state index contributed by atoms with van der Waals surface area (Å²) in [6, 6.07) is 7.52. The van der Waals surface area contributed by atoms with E-state index in [2.05, 4.69) is 19.9 Å². The predicted molar refractivity (Wildman–Crippen MR) is 98.7 cm³/mol. The average Bonchev–Trinajstić information content (AvgIpc) is 3.23. The highest BCUT2D eigenvalue weighted by Crippen LogP contribution is 2.21. The molecule has 0 bridgehead atoms. The van der Waals surface area contributed by atoms with Crippen molar-refractivity contribution in [1.29, 1.82) is 0 Å². The molecule has 0 N–H and O–H groups in total. The Morgan fingerprint density at radius 1 is 1.15 bits per heavy atom. The van der Waals surface area contributed by atoms with Crippen molar-refractivity contribution in [3.05, 3.63) is 35.2 Å². The van der Waals surface area contributed by atoms with E-state index < -0.39 is 9.84 Å². The lowest BCUT2D eigenvalue weighted by molar-refractivity contribution is 0.0926. The molecule has 7 nitrogen and oxygen atoms in total. The van der Waals surface area contributed by atoms with Gasteiger partial charge in [0.1, 0.15) is 0 Å². The predicted octanol–water partition coefficient (Wildman–Crippen LogP) is 1.69. The van der Waals surface area contributed by atoms with Crippen molar-refractivity contribution < 1.29 is 12.9 Å². The molecule has 1 aromatic carbocycles. The minimum atomic E-state index is -2.83. The number of piperazine rings is 1. The molecule has 2 aromatic rings. The van der Waals surface area contributed by atoms with Crippen LogP contribution in [0.25, 0.3) is 11.4 Å². The van der Waals surface area contributed by atoms with Crippen LogP contribution in [0, 0.1) is 0 Å². The zero-order valence-electron chi connectivity index (χ0n) is 14.3. The quantitative estimate of drug-likeness (QED) is 0.778. The van der Waals surface area contributed by atoms with Crippen LogP contribution in [0.2, 0.25) is 5.02 Å². The smallest absolute Gasteiger partial charge is 0.241 e. The summed E-state index contributed by atoms with van der Waals surface area (Å²) < 4.78 is 28.7. The molecule has 0 amide bonds. The van der Waals surface area contributed by atoms with Gasteiger partial charge in [0.25, 0.3) is 0 Å². The van der Waals surface area contributed by atoms with Crippen LogP contribution in [0.3, 0.4) is 0 Å². The van der Waals surface area contributed by atoms with E-state index in [1.165, 1.54) is 0 Å². The number of halogens is 1. The van der Waals surface area contributed by atoms with Gasteiger partial charge in [0, 0.05) is 42.8 Å². The SMILES string of the molecule is O=S1(=O)CC[C@@H](N2CCN(Cc3nc(-c4ccc(Cl)cc4)no3)CC2)C1. The molecule has 2 aliphatic rings. The van der Waals surface area contributed by atoms with Crippen LogP contribution in [0.15, 0.2) is 28.8 Å². The Morgan fingerprint density at radius 2 is 1.88 bits per heavy atom. The van der Waals surface area contributed by atoms with Gasteiger partial charge in [-0.05, 0) is 30.7 Å². The van der Waals surface area contributed by atoms with Crippen molar-refractivity contribution in [1.82, 2.24) is 19.9 Å². The maximum absolute atomic E-state index is 11.7. The molecule has 2 aliphatic heterocycles. The van der Waals surface area contributed by atoms with Crippen molar-refractivity contribution in [2.45, 2.75) is 19.0 Å². The number of benzene rings is 1. The summed E-state index contributed by atoms with van der Waals surface area (Å²) in [6.45, 7) is 4.10. The number of hydrogen-bond acceptors (Lipinski definition) is 7. The molecule has 3 heterocycles. The van der Waals surface area contributed by atoms with Gasteiger partial charge in [0.15, 0.2) is 9.84 Å². The van der Waals surface area contributed by atoms with E-state index in [1.54, 1.807) is 12.1 Å². The van der Waals surface area contributed by atoms with E-state index in [0.717, 1.165) is 38.2 Å². The zero-order valence-corrected chi connectivity index (χ0v) is 15.9. The van der Waals surface area contributed by atoms with Crippen LogP contribution in [0.1, 0.15) is 12.3 Å². The molecule has 1 aromatic heterocycles. The van der Waals surface area contributed by atoms with Crippen LogP contribution < -0.4 is 0 Å². The van der Waals surface area contributed by atoms with Crippen molar-refractivity contribution in [2.75, 3.05) is 37.7 Å². The second kappa shape index (κ2) is 7.26. The van der Waals surface area contributed by atoms with Crippen LogP contribution in [0.4, 0.5) is 0 Å². The fourth-order valence-corrected chi connectivity index (χ4v) is 5.46. The topological polar surface area (TPSA) is 79.5 Å². The van der Waals surface area contributed by atoms with E-state index in [4.69, 9.17) is 16.1 Å². The van der Waals surface area contributed by atoms with E-state index >= 15 is 0 Å². The lowest BCUT2D eigenvalue weighted by atomic mass is 10.2. The number of rotatable bonds is 4. The summed E-state index contributed by atoms with van der Waals surface area (Å²) in [5, 5.41) is 4.71. The van der Waals surface area contributed by atoms with Gasteiger partial charge in [-0.15, -0.1) is 0 Å². The van der Waals surface area contributed by atoms with E-state index in [0.29, 0.717) is 34.8 Å². The van der Waals surface area contributed by atoms with Gasteiger partial charge in [-0.25, -0.2) is 8.42 Å². The fourth-order valence-electron chi connectivity index (χ4n) is 3.58. The second-order valence-electron chi connectivity index (χ2n) is 6.89. The Kier molecular flexibility index (Phi) is 5.00. The Balaban J connectivity index is 1.31. The standard InChI is InChI=1S/C17H21ClN4O3S/c18-14-3-1-13(2-4-14)17-19-16(25-20-17)11-21-6-8-22(9-7-21)15-5-10-26(23,24)12-15/h1-4,15H,5-12H2/t15-/m1/s1. The van der Waals surface area contributed by atoms with E-state index in [1.807, 2.05) is 12.1 Å². The monoisotopic (exact) mass is 396 g/mol. The summed E-state index contributed by atoms with van der Waals surface area (Å²) in [6.07, 6.45) is 0.760. The molecule has 2 saturated heterocycles. The first-order valence-corrected chi connectivity index (χ1v) is 10.9.